The minimum atomic E-state index is -1.64. The maximum absolute atomic E-state index is 13.3. The van der Waals surface area contributed by atoms with Crippen LogP contribution in [-0.4, -0.2) is 82.5 Å². The SMILES string of the molecule is NC(=O)CC(NC(=O)C(Cc1ccccc1)NC(=O)C(CCCN=C(N)N)NC(=O)C(N)CCC(=O)O)C(=O)O. The Bertz CT molecular complexity index is 1080. The first-order valence-electron chi connectivity index (χ1n) is 12.3. The minimum absolute atomic E-state index is 0.0130. The Morgan fingerprint density at radius 3 is 1.93 bits per heavy atom. The van der Waals surface area contributed by atoms with Crippen LogP contribution in [0.5, 0.6) is 0 Å². The van der Waals surface area contributed by atoms with Crippen LogP contribution < -0.4 is 38.9 Å². The second kappa shape index (κ2) is 17.0. The molecule has 4 atom stereocenters. The van der Waals surface area contributed by atoms with Crippen LogP contribution in [0.2, 0.25) is 0 Å². The molecule has 40 heavy (non-hydrogen) atoms. The predicted molar refractivity (Wildman–Crippen MR) is 142 cm³/mol. The first kappa shape index (κ1) is 33.3. The van der Waals surface area contributed by atoms with Gasteiger partial charge in [0.05, 0.1) is 12.5 Å². The number of carbonyl (C=O) groups excluding carboxylic acids is 4. The molecule has 16 nitrogen and oxygen atoms in total. The molecule has 220 valence electrons. The fraction of sp³-hybridized carbons (Fsp3) is 0.458. The van der Waals surface area contributed by atoms with Crippen LogP contribution in [0.4, 0.5) is 0 Å². The molecule has 0 aliphatic carbocycles. The van der Waals surface area contributed by atoms with Crippen LogP contribution in [0, 0.1) is 0 Å². The Hall–Kier alpha value is -4.73. The Morgan fingerprint density at radius 1 is 0.800 bits per heavy atom. The summed E-state index contributed by atoms with van der Waals surface area (Å²) in [5.74, 6) is -6.29. The number of aliphatic carboxylic acids is 2. The van der Waals surface area contributed by atoms with Gasteiger partial charge in [0.2, 0.25) is 23.6 Å². The van der Waals surface area contributed by atoms with Crippen molar-refractivity contribution in [2.45, 2.75) is 62.7 Å². The molecule has 0 aliphatic heterocycles. The highest BCUT2D eigenvalue weighted by atomic mass is 16.4. The highest BCUT2D eigenvalue weighted by Crippen LogP contribution is 2.07. The van der Waals surface area contributed by atoms with Crippen molar-refractivity contribution >= 4 is 41.5 Å². The number of nitrogens with zero attached hydrogens (tertiary/aromatic N) is 1. The summed E-state index contributed by atoms with van der Waals surface area (Å²) in [6.07, 6.45) is -1.04. The number of hydrogen-bond acceptors (Lipinski definition) is 8. The first-order chi connectivity index (χ1) is 18.8. The quantitative estimate of drug-likeness (QED) is 0.0488. The van der Waals surface area contributed by atoms with E-state index in [4.69, 9.17) is 28.0 Å². The molecule has 0 fully saturated rings. The molecule has 0 saturated carbocycles. The van der Waals surface area contributed by atoms with Gasteiger partial charge in [-0.05, 0) is 24.8 Å². The molecule has 0 saturated heterocycles. The standard InChI is InChI=1S/C24H36N8O8/c25-14(8-9-19(34)35)20(36)30-15(7-4-10-29-24(27)28)21(37)31-16(11-13-5-2-1-3-6-13)22(38)32-17(23(39)40)12-18(26)33/h1-3,5-6,14-17H,4,7-12,25H2,(H2,26,33)(H,30,36)(H,31,37)(H,32,38)(H,34,35)(H,39,40)(H4,27,28,29). The lowest BCUT2D eigenvalue weighted by Crippen LogP contribution is -2.58. The minimum Gasteiger partial charge on any atom is -0.481 e. The van der Waals surface area contributed by atoms with Gasteiger partial charge in [-0.2, -0.15) is 0 Å². The summed E-state index contributed by atoms with van der Waals surface area (Å²) in [5.41, 5.74) is 22.1. The van der Waals surface area contributed by atoms with E-state index in [1.807, 2.05) is 0 Å². The number of nitrogens with two attached hydrogens (primary N) is 4. The van der Waals surface area contributed by atoms with Crippen LogP contribution in [0.15, 0.2) is 35.3 Å². The molecular weight excluding hydrogens is 528 g/mol. The summed E-state index contributed by atoms with van der Waals surface area (Å²) in [6, 6.07) is 3.09. The van der Waals surface area contributed by atoms with Crippen molar-refractivity contribution in [1.29, 1.82) is 0 Å². The van der Waals surface area contributed by atoms with E-state index in [0.29, 0.717) is 5.56 Å². The largest absolute Gasteiger partial charge is 0.481 e. The van der Waals surface area contributed by atoms with Crippen molar-refractivity contribution in [2.24, 2.45) is 27.9 Å². The van der Waals surface area contributed by atoms with Crippen molar-refractivity contribution in [1.82, 2.24) is 16.0 Å². The molecule has 1 aromatic rings. The Labute approximate surface area is 229 Å². The van der Waals surface area contributed by atoms with E-state index in [0.717, 1.165) is 0 Å². The molecule has 4 amide bonds. The van der Waals surface area contributed by atoms with E-state index in [1.54, 1.807) is 30.3 Å². The van der Waals surface area contributed by atoms with E-state index in [9.17, 15) is 33.9 Å². The maximum atomic E-state index is 13.3. The monoisotopic (exact) mass is 564 g/mol. The van der Waals surface area contributed by atoms with Gasteiger partial charge in [0.1, 0.15) is 18.1 Å². The van der Waals surface area contributed by atoms with Crippen LogP contribution in [0.1, 0.15) is 37.7 Å². The van der Waals surface area contributed by atoms with Gasteiger partial charge in [-0.25, -0.2) is 4.79 Å². The highest BCUT2D eigenvalue weighted by molar-refractivity contribution is 5.95. The molecule has 0 aliphatic rings. The van der Waals surface area contributed by atoms with E-state index in [2.05, 4.69) is 20.9 Å². The molecule has 0 spiro atoms. The smallest absolute Gasteiger partial charge is 0.326 e. The van der Waals surface area contributed by atoms with Gasteiger partial charge in [-0.3, -0.25) is 29.0 Å². The molecule has 13 N–H and O–H groups in total. The van der Waals surface area contributed by atoms with E-state index >= 15 is 0 Å². The maximum Gasteiger partial charge on any atom is 0.326 e. The lowest BCUT2D eigenvalue weighted by atomic mass is 10.0. The molecular formula is C24H36N8O8. The highest BCUT2D eigenvalue weighted by Gasteiger charge is 2.31. The number of benzene rings is 1. The first-order valence-corrected chi connectivity index (χ1v) is 12.3. The second-order valence-electron chi connectivity index (χ2n) is 8.87. The van der Waals surface area contributed by atoms with Gasteiger partial charge < -0.3 is 49.1 Å². The van der Waals surface area contributed by atoms with Gasteiger partial charge in [0, 0.05) is 19.4 Å². The van der Waals surface area contributed by atoms with Gasteiger partial charge in [0.25, 0.3) is 0 Å². The second-order valence-corrected chi connectivity index (χ2v) is 8.87. The molecule has 1 aromatic carbocycles. The third-order valence-electron chi connectivity index (χ3n) is 5.52. The zero-order chi connectivity index (χ0) is 30.2. The van der Waals surface area contributed by atoms with Crippen molar-refractivity contribution in [3.05, 3.63) is 35.9 Å². The lowest BCUT2D eigenvalue weighted by Gasteiger charge is -2.25. The number of nitrogens with one attached hydrogen (secondary N) is 3. The number of primary amides is 1. The zero-order valence-corrected chi connectivity index (χ0v) is 21.7. The zero-order valence-electron chi connectivity index (χ0n) is 21.7. The van der Waals surface area contributed by atoms with Crippen molar-refractivity contribution in [2.75, 3.05) is 6.54 Å². The summed E-state index contributed by atoms with van der Waals surface area (Å²) in [5, 5.41) is 25.4. The molecule has 0 bridgehead atoms. The van der Waals surface area contributed by atoms with Crippen LogP contribution in [0.3, 0.4) is 0 Å². The van der Waals surface area contributed by atoms with E-state index in [-0.39, 0.29) is 44.6 Å². The van der Waals surface area contributed by atoms with Gasteiger partial charge >= 0.3 is 11.9 Å². The summed E-state index contributed by atoms with van der Waals surface area (Å²) >= 11 is 0. The van der Waals surface area contributed by atoms with Crippen LogP contribution in [0.25, 0.3) is 0 Å². The lowest BCUT2D eigenvalue weighted by molar-refractivity contribution is -0.143. The number of rotatable bonds is 18. The summed E-state index contributed by atoms with van der Waals surface area (Å²) in [6.45, 7) is 0.119. The fourth-order valence-corrected chi connectivity index (χ4v) is 3.47. The molecule has 4 unspecified atom stereocenters. The van der Waals surface area contributed by atoms with Crippen molar-refractivity contribution in [3.8, 4) is 0 Å². The van der Waals surface area contributed by atoms with E-state index < -0.39 is 66.2 Å². The number of amides is 4. The summed E-state index contributed by atoms with van der Waals surface area (Å²) in [7, 11) is 0. The predicted octanol–water partition coefficient (Wildman–Crippen LogP) is -3.11. The average molecular weight is 565 g/mol. The topological polar surface area (TPSA) is 295 Å². The number of carboxylic acid groups (broad SMARTS) is 2. The molecule has 1 rings (SSSR count). The van der Waals surface area contributed by atoms with Gasteiger partial charge in [0.15, 0.2) is 5.96 Å². The number of guanidine groups is 1. The van der Waals surface area contributed by atoms with Crippen LogP contribution >= 0.6 is 0 Å². The Kier molecular flexibility index (Phi) is 14.1. The van der Waals surface area contributed by atoms with Gasteiger partial charge in [-0.1, -0.05) is 30.3 Å². The van der Waals surface area contributed by atoms with Crippen molar-refractivity contribution < 1.29 is 39.0 Å². The number of aliphatic imine (C=N–C) groups is 1. The fourth-order valence-electron chi connectivity index (χ4n) is 3.47. The van der Waals surface area contributed by atoms with E-state index in [1.165, 1.54) is 0 Å². The molecule has 0 radical (unpaired) electrons. The number of carbonyl (C=O) groups is 6. The third kappa shape index (κ3) is 13.2. The van der Waals surface area contributed by atoms with Crippen LogP contribution in [-0.2, 0) is 35.2 Å². The normalized spacial score (nSPS) is 13.5. The Balaban J connectivity index is 3.16. The molecule has 0 aromatic heterocycles. The van der Waals surface area contributed by atoms with Gasteiger partial charge in [-0.15, -0.1) is 0 Å². The summed E-state index contributed by atoms with van der Waals surface area (Å²) < 4.78 is 0. The number of carboxylic acids is 2. The van der Waals surface area contributed by atoms with Crippen molar-refractivity contribution in [3.63, 3.8) is 0 Å². The average Bonchev–Trinajstić information content (AvgIpc) is 2.87. The third-order valence-corrected chi connectivity index (χ3v) is 5.52. The summed E-state index contributed by atoms with van der Waals surface area (Å²) in [4.78, 5) is 76.3. The Morgan fingerprint density at radius 2 is 1.38 bits per heavy atom. The number of hydrogen-bond donors (Lipinski definition) is 9. The molecule has 16 heteroatoms. The molecule has 0 heterocycles.